The van der Waals surface area contributed by atoms with Gasteiger partial charge in [0, 0.05) is 29.9 Å². The molecule has 2 aromatic carbocycles. The fourth-order valence-electron chi connectivity index (χ4n) is 3.86. The molecule has 4 amide bonds. The number of rotatable bonds is 4. The molecule has 0 radical (unpaired) electrons. The molecule has 4 N–H and O–H groups in total. The van der Waals surface area contributed by atoms with Crippen LogP contribution in [0.15, 0.2) is 47.5 Å². The Morgan fingerprint density at radius 3 is 2.54 bits per heavy atom. The largest absolute Gasteiger partial charge is 0.497 e. The number of amides is 4. The zero-order valence-corrected chi connectivity index (χ0v) is 21.9. The SMILES string of the molecule is CC1(C#Cc2ccc(NC(=NC3CC3)NC#N)cc2)NC(=O)NC1=O.CCN1Cc2ccc(OC)cc2C1=O. The number of guanidine groups is 1. The van der Waals surface area contributed by atoms with Crippen LogP contribution < -0.4 is 26.0 Å². The van der Waals surface area contributed by atoms with E-state index in [4.69, 9.17) is 10.00 Å². The number of hydrogen-bond acceptors (Lipinski definition) is 6. The molecule has 2 aromatic rings. The smallest absolute Gasteiger partial charge is 0.323 e. The molecule has 200 valence electrons. The molecule has 39 heavy (non-hydrogen) atoms. The van der Waals surface area contributed by atoms with Crippen LogP contribution in [0.4, 0.5) is 10.5 Å². The molecule has 2 fully saturated rings. The first-order valence-electron chi connectivity index (χ1n) is 12.5. The molecule has 5 rings (SSSR count). The summed E-state index contributed by atoms with van der Waals surface area (Å²) < 4.78 is 5.09. The van der Waals surface area contributed by atoms with Crippen molar-refractivity contribution in [3.05, 3.63) is 59.2 Å². The third-order valence-electron chi connectivity index (χ3n) is 6.26. The molecule has 1 atom stereocenters. The van der Waals surface area contributed by atoms with Gasteiger partial charge in [0.05, 0.1) is 13.2 Å². The normalized spacial score (nSPS) is 19.4. The number of anilines is 1. The van der Waals surface area contributed by atoms with Crippen LogP contribution in [0.3, 0.4) is 0 Å². The minimum Gasteiger partial charge on any atom is -0.497 e. The predicted octanol–water partition coefficient (Wildman–Crippen LogP) is 2.31. The van der Waals surface area contributed by atoms with Gasteiger partial charge in [0.2, 0.25) is 5.96 Å². The van der Waals surface area contributed by atoms with Gasteiger partial charge in [0.15, 0.2) is 11.7 Å². The highest BCUT2D eigenvalue weighted by Gasteiger charge is 2.40. The van der Waals surface area contributed by atoms with Crippen molar-refractivity contribution < 1.29 is 19.1 Å². The summed E-state index contributed by atoms with van der Waals surface area (Å²) in [5.74, 6) is 6.46. The molecule has 2 aliphatic heterocycles. The maximum absolute atomic E-state index is 11.8. The summed E-state index contributed by atoms with van der Waals surface area (Å²) in [6.07, 6.45) is 3.93. The third kappa shape index (κ3) is 6.65. The van der Waals surface area contributed by atoms with Crippen LogP contribution in [0.2, 0.25) is 0 Å². The Morgan fingerprint density at radius 2 is 1.95 bits per heavy atom. The zero-order chi connectivity index (χ0) is 28.0. The van der Waals surface area contributed by atoms with Crippen molar-refractivity contribution in [3.63, 3.8) is 0 Å². The van der Waals surface area contributed by atoms with E-state index in [1.54, 1.807) is 38.3 Å². The lowest BCUT2D eigenvalue weighted by molar-refractivity contribution is -0.121. The Kier molecular flexibility index (Phi) is 8.01. The van der Waals surface area contributed by atoms with E-state index in [1.165, 1.54) is 0 Å². The second-order valence-corrected chi connectivity index (χ2v) is 9.27. The van der Waals surface area contributed by atoms with Gasteiger partial charge in [-0.2, -0.15) is 5.26 Å². The zero-order valence-electron chi connectivity index (χ0n) is 21.9. The number of carbonyl (C=O) groups excluding carboxylic acids is 3. The predicted molar refractivity (Wildman–Crippen MR) is 145 cm³/mol. The van der Waals surface area contributed by atoms with Crippen LogP contribution in [-0.2, 0) is 11.3 Å². The Morgan fingerprint density at radius 1 is 1.21 bits per heavy atom. The Hall–Kier alpha value is -5.03. The van der Waals surface area contributed by atoms with Crippen molar-refractivity contribution in [2.45, 2.75) is 44.8 Å². The Bertz CT molecular complexity index is 1410. The minimum absolute atomic E-state index is 0.112. The molecular weight excluding hydrogens is 498 g/mol. The van der Waals surface area contributed by atoms with Gasteiger partial charge >= 0.3 is 6.03 Å². The minimum atomic E-state index is -1.23. The van der Waals surface area contributed by atoms with Crippen LogP contribution in [-0.4, -0.2) is 53.9 Å². The Balaban J connectivity index is 0.000000212. The number of nitrogens with zero attached hydrogens (tertiary/aromatic N) is 3. The first-order valence-corrected chi connectivity index (χ1v) is 12.5. The fourth-order valence-corrected chi connectivity index (χ4v) is 3.86. The van der Waals surface area contributed by atoms with Crippen molar-refractivity contribution in [2.24, 2.45) is 4.99 Å². The van der Waals surface area contributed by atoms with Crippen LogP contribution in [0.1, 0.15) is 48.2 Å². The van der Waals surface area contributed by atoms with Crippen molar-refractivity contribution in [2.75, 3.05) is 19.0 Å². The molecule has 11 nitrogen and oxygen atoms in total. The summed E-state index contributed by atoms with van der Waals surface area (Å²) in [5, 5.41) is 19.0. The monoisotopic (exact) mass is 527 g/mol. The molecule has 0 aromatic heterocycles. The lowest BCUT2D eigenvalue weighted by Crippen LogP contribution is -2.42. The van der Waals surface area contributed by atoms with Crippen molar-refractivity contribution in [3.8, 4) is 23.8 Å². The number of benzene rings is 2. The maximum atomic E-state index is 11.8. The van der Waals surface area contributed by atoms with E-state index in [9.17, 15) is 14.4 Å². The molecule has 1 aliphatic carbocycles. The number of nitrogens with one attached hydrogen (secondary N) is 4. The van der Waals surface area contributed by atoms with E-state index in [0.29, 0.717) is 11.5 Å². The van der Waals surface area contributed by atoms with E-state index in [0.717, 1.165) is 48.5 Å². The summed E-state index contributed by atoms with van der Waals surface area (Å²) in [4.78, 5) is 40.9. The molecule has 3 aliphatic rings. The summed E-state index contributed by atoms with van der Waals surface area (Å²) in [5.41, 5.74) is 2.10. The Labute approximate surface area is 226 Å². The van der Waals surface area contributed by atoms with Gasteiger partial charge in [-0.3, -0.25) is 20.2 Å². The molecule has 2 heterocycles. The first kappa shape index (κ1) is 27.0. The van der Waals surface area contributed by atoms with E-state index < -0.39 is 17.5 Å². The maximum Gasteiger partial charge on any atom is 0.323 e. The van der Waals surface area contributed by atoms with Crippen LogP contribution >= 0.6 is 0 Å². The number of imide groups is 1. The molecule has 0 bridgehead atoms. The van der Waals surface area contributed by atoms with Crippen LogP contribution in [0, 0.1) is 23.3 Å². The molecular formula is C28H29N7O4. The molecule has 1 saturated heterocycles. The van der Waals surface area contributed by atoms with Gasteiger partial charge in [0.25, 0.3) is 11.8 Å². The van der Waals surface area contributed by atoms with Crippen LogP contribution in [0.25, 0.3) is 0 Å². The van der Waals surface area contributed by atoms with Crippen molar-refractivity contribution in [1.82, 2.24) is 20.9 Å². The lowest BCUT2D eigenvalue weighted by atomic mass is 10.0. The number of ether oxygens (including phenoxy) is 1. The van der Waals surface area contributed by atoms with Crippen LogP contribution in [0.5, 0.6) is 5.75 Å². The average molecular weight is 528 g/mol. The van der Waals surface area contributed by atoms with E-state index >= 15 is 0 Å². The first-order chi connectivity index (χ1) is 18.7. The quantitative estimate of drug-likeness (QED) is 0.119. The molecule has 1 unspecified atom stereocenters. The summed E-state index contributed by atoms with van der Waals surface area (Å²) in [6.45, 7) is 5.02. The van der Waals surface area contributed by atoms with Crippen molar-refractivity contribution >= 4 is 29.5 Å². The number of urea groups is 1. The topological polar surface area (TPSA) is 148 Å². The standard InChI is InChI=1S/C17H16N6O2.C11H13NO2/c1-17(14(24)22-16(25)23-17)9-8-11-2-4-12(5-3-11)20-15(19-10-18)21-13-6-7-13;1-3-12-7-8-4-5-9(14-2)6-10(8)11(12)13/h2-5,13H,6-7H2,1H3,(H2,19,20,21)(H2,22,23,24,25);4-6H,3,7H2,1-2H3. The summed E-state index contributed by atoms with van der Waals surface area (Å²) in [7, 11) is 1.61. The van der Waals surface area contributed by atoms with Gasteiger partial charge in [-0.15, -0.1) is 0 Å². The number of fused-ring (bicyclic) bond motifs is 1. The molecule has 0 spiro atoms. The van der Waals surface area contributed by atoms with Gasteiger partial charge < -0.3 is 20.3 Å². The highest BCUT2D eigenvalue weighted by atomic mass is 16.5. The van der Waals surface area contributed by atoms with E-state index in [2.05, 4.69) is 38.1 Å². The highest BCUT2D eigenvalue weighted by Crippen LogP contribution is 2.26. The van der Waals surface area contributed by atoms with Gasteiger partial charge in [-0.1, -0.05) is 17.9 Å². The van der Waals surface area contributed by atoms with Gasteiger partial charge in [-0.05, 0) is 68.7 Å². The third-order valence-corrected chi connectivity index (χ3v) is 6.26. The average Bonchev–Trinajstić information content (AvgIpc) is 3.63. The van der Waals surface area contributed by atoms with E-state index in [-0.39, 0.29) is 11.9 Å². The molecule has 11 heteroatoms. The number of aliphatic imine (C=N–C) groups is 1. The highest BCUT2D eigenvalue weighted by molar-refractivity contribution is 6.08. The number of hydrogen-bond donors (Lipinski definition) is 4. The second-order valence-electron chi connectivity index (χ2n) is 9.27. The fraction of sp³-hybridized carbons (Fsp3) is 0.321. The van der Waals surface area contributed by atoms with Gasteiger partial charge in [0.1, 0.15) is 5.75 Å². The summed E-state index contributed by atoms with van der Waals surface area (Å²) in [6, 6.07) is 12.5. The number of methoxy groups -OCH3 is 1. The summed E-state index contributed by atoms with van der Waals surface area (Å²) >= 11 is 0. The van der Waals surface area contributed by atoms with Gasteiger partial charge in [-0.25, -0.2) is 9.79 Å². The number of nitriles is 1. The second kappa shape index (κ2) is 11.6. The number of carbonyl (C=O) groups is 3. The van der Waals surface area contributed by atoms with E-state index in [1.807, 2.05) is 36.2 Å². The lowest BCUT2D eigenvalue weighted by Gasteiger charge is -2.11. The van der Waals surface area contributed by atoms with Crippen molar-refractivity contribution in [1.29, 1.82) is 5.26 Å². The molecule has 1 saturated carbocycles.